The second kappa shape index (κ2) is 6.47. The van der Waals surface area contributed by atoms with E-state index in [4.69, 9.17) is 0 Å². The van der Waals surface area contributed by atoms with Gasteiger partial charge < -0.3 is 4.90 Å². The third-order valence-corrected chi connectivity index (χ3v) is 5.29. The van der Waals surface area contributed by atoms with Gasteiger partial charge in [-0.15, -0.1) is 0 Å². The summed E-state index contributed by atoms with van der Waals surface area (Å²) in [5.74, 6) is 0.482. The number of nitrogens with one attached hydrogen (secondary N) is 1. The number of nitrogens with zero attached hydrogens (tertiary/aromatic N) is 2. The van der Waals surface area contributed by atoms with Crippen LogP contribution in [-0.4, -0.2) is 39.9 Å². The molecule has 2 aliphatic rings. The molecule has 0 unspecified atom stereocenters. The van der Waals surface area contributed by atoms with Crippen molar-refractivity contribution in [3.8, 4) is 0 Å². The predicted molar refractivity (Wildman–Crippen MR) is 94.7 cm³/mol. The smallest absolute Gasteiger partial charge is 0.257 e. The Labute approximate surface area is 147 Å². The van der Waals surface area contributed by atoms with Gasteiger partial charge in [0.15, 0.2) is 5.78 Å². The highest BCUT2D eigenvalue weighted by Crippen LogP contribution is 2.41. The van der Waals surface area contributed by atoms with Gasteiger partial charge in [0.05, 0.1) is 11.3 Å². The van der Waals surface area contributed by atoms with Crippen molar-refractivity contribution >= 4 is 11.7 Å². The molecule has 0 spiro atoms. The van der Waals surface area contributed by atoms with E-state index in [0.29, 0.717) is 19.0 Å². The van der Waals surface area contributed by atoms with Crippen LogP contribution in [0.4, 0.5) is 0 Å². The fraction of sp³-hybridized carbons (Fsp3) is 0.450. The first kappa shape index (κ1) is 16.1. The van der Waals surface area contributed by atoms with Crippen molar-refractivity contribution in [2.75, 3.05) is 13.1 Å². The van der Waals surface area contributed by atoms with Gasteiger partial charge in [0.1, 0.15) is 0 Å². The average Bonchev–Trinajstić information content (AvgIpc) is 3.43. The largest absolute Gasteiger partial charge is 0.338 e. The molecule has 1 atom stereocenters. The molecule has 1 N–H and O–H groups in total. The monoisotopic (exact) mass is 337 g/mol. The Morgan fingerprint density at radius 3 is 2.64 bits per heavy atom. The van der Waals surface area contributed by atoms with E-state index in [1.165, 1.54) is 0 Å². The van der Waals surface area contributed by atoms with Crippen molar-refractivity contribution in [2.24, 2.45) is 5.92 Å². The van der Waals surface area contributed by atoms with E-state index in [1.54, 1.807) is 0 Å². The average molecular weight is 337 g/mol. The number of likely N-dealkylation sites (tertiary alicyclic amines) is 1. The van der Waals surface area contributed by atoms with E-state index in [9.17, 15) is 9.59 Å². The lowest BCUT2D eigenvalue weighted by Crippen LogP contribution is -2.42. The molecule has 1 saturated heterocycles. The second-order valence-corrected chi connectivity index (χ2v) is 7.20. The fourth-order valence-corrected chi connectivity index (χ4v) is 3.74. The molecule has 5 nitrogen and oxygen atoms in total. The molecule has 1 amide bonds. The van der Waals surface area contributed by atoms with Gasteiger partial charge in [-0.25, -0.2) is 0 Å². The van der Waals surface area contributed by atoms with Gasteiger partial charge in [-0.05, 0) is 32.6 Å². The molecule has 2 fully saturated rings. The Kier molecular flexibility index (Phi) is 4.15. The van der Waals surface area contributed by atoms with Crippen LogP contribution in [0.5, 0.6) is 0 Å². The number of hydrogen-bond donors (Lipinski definition) is 1. The molecule has 1 aliphatic carbocycles. The van der Waals surface area contributed by atoms with Gasteiger partial charge in [0, 0.05) is 36.2 Å². The minimum absolute atomic E-state index is 0.0266. The number of rotatable bonds is 4. The van der Waals surface area contributed by atoms with Crippen LogP contribution in [0, 0.1) is 12.8 Å². The normalized spacial score (nSPS) is 20.5. The number of aryl methyl sites for hydroxylation is 1. The number of aromatic amines is 1. The molecule has 4 rings (SSSR count). The fourth-order valence-electron chi connectivity index (χ4n) is 3.74. The minimum atomic E-state index is -0.114. The molecule has 1 aromatic carbocycles. The zero-order valence-electron chi connectivity index (χ0n) is 14.5. The number of Topliss-reactive ketones (excluding diaryl/α,β-unsaturated/α-hetero) is 1. The summed E-state index contributed by atoms with van der Waals surface area (Å²) in [5, 5.41) is 7.33. The number of benzene rings is 1. The molecule has 130 valence electrons. The lowest BCUT2D eigenvalue weighted by atomic mass is 9.89. The van der Waals surface area contributed by atoms with Crippen molar-refractivity contribution < 1.29 is 9.59 Å². The number of hydrogen-bond acceptors (Lipinski definition) is 3. The van der Waals surface area contributed by atoms with Crippen LogP contribution in [0.25, 0.3) is 0 Å². The summed E-state index contributed by atoms with van der Waals surface area (Å²) in [6.45, 7) is 3.12. The van der Waals surface area contributed by atoms with E-state index < -0.39 is 0 Å². The Morgan fingerprint density at radius 2 is 1.92 bits per heavy atom. The molecule has 1 aromatic heterocycles. The van der Waals surface area contributed by atoms with Crippen LogP contribution in [-0.2, 0) is 0 Å². The van der Waals surface area contributed by atoms with Crippen molar-refractivity contribution in [2.45, 2.75) is 38.5 Å². The number of H-pyrrole nitrogens is 1. The first-order valence-electron chi connectivity index (χ1n) is 9.08. The molecule has 2 aromatic rings. The number of carbonyl (C=O) groups is 2. The van der Waals surface area contributed by atoms with Crippen LogP contribution < -0.4 is 0 Å². The highest BCUT2D eigenvalue weighted by atomic mass is 16.2. The van der Waals surface area contributed by atoms with Crippen molar-refractivity contribution in [3.63, 3.8) is 0 Å². The number of piperidine rings is 1. The lowest BCUT2D eigenvalue weighted by molar-refractivity contribution is 0.0635. The molecule has 0 bridgehead atoms. The molecular formula is C20H23N3O2. The zero-order chi connectivity index (χ0) is 17.4. The summed E-state index contributed by atoms with van der Waals surface area (Å²) in [4.78, 5) is 27.7. The van der Waals surface area contributed by atoms with Gasteiger partial charge in [-0.3, -0.25) is 14.7 Å². The molecule has 2 heterocycles. The summed E-state index contributed by atoms with van der Waals surface area (Å²) < 4.78 is 0. The Morgan fingerprint density at radius 1 is 1.16 bits per heavy atom. The first-order chi connectivity index (χ1) is 12.1. The highest BCUT2D eigenvalue weighted by Gasteiger charge is 2.35. The Hall–Kier alpha value is -2.43. The first-order valence-corrected chi connectivity index (χ1v) is 9.08. The standard InChI is InChI=1S/C20H23N3O2/c1-13-17(18(22-21-13)14-9-10-14)20(25)23-11-5-8-16(12-23)19(24)15-6-3-2-4-7-15/h2-4,6-7,14,16H,5,8-12H2,1H3,(H,21,22)/t16-/m0/s1. The molecule has 25 heavy (non-hydrogen) atoms. The van der Waals surface area contributed by atoms with E-state index in [0.717, 1.165) is 48.2 Å². The van der Waals surface area contributed by atoms with Crippen molar-refractivity contribution in [1.82, 2.24) is 15.1 Å². The second-order valence-electron chi connectivity index (χ2n) is 7.20. The lowest BCUT2D eigenvalue weighted by Gasteiger charge is -2.32. The van der Waals surface area contributed by atoms with Crippen LogP contribution in [0.1, 0.15) is 63.7 Å². The third kappa shape index (κ3) is 3.11. The SMILES string of the molecule is Cc1[nH]nc(C2CC2)c1C(=O)N1CCC[C@H](C(=O)c2ccccc2)C1. The van der Waals surface area contributed by atoms with Crippen molar-refractivity contribution in [3.05, 3.63) is 52.8 Å². The van der Waals surface area contributed by atoms with Crippen LogP contribution in [0.15, 0.2) is 30.3 Å². The van der Waals surface area contributed by atoms with Gasteiger partial charge in [-0.2, -0.15) is 5.10 Å². The third-order valence-electron chi connectivity index (χ3n) is 5.29. The van der Waals surface area contributed by atoms with Crippen LogP contribution in [0.3, 0.4) is 0 Å². The summed E-state index contributed by atoms with van der Waals surface area (Å²) in [5.41, 5.74) is 3.22. The Bertz CT molecular complexity index is 793. The van der Waals surface area contributed by atoms with E-state index in [2.05, 4.69) is 10.2 Å². The van der Waals surface area contributed by atoms with Crippen LogP contribution in [0.2, 0.25) is 0 Å². The minimum Gasteiger partial charge on any atom is -0.338 e. The number of ketones is 1. The maximum atomic E-state index is 13.1. The number of carbonyl (C=O) groups excluding carboxylic acids is 2. The highest BCUT2D eigenvalue weighted by molar-refractivity contribution is 6.00. The molecule has 5 heteroatoms. The Balaban J connectivity index is 1.52. The van der Waals surface area contributed by atoms with Gasteiger partial charge in [-0.1, -0.05) is 30.3 Å². The van der Waals surface area contributed by atoms with Crippen molar-refractivity contribution in [1.29, 1.82) is 0 Å². The van der Waals surface area contributed by atoms with E-state index in [1.807, 2.05) is 42.2 Å². The van der Waals surface area contributed by atoms with Gasteiger partial charge in [0.25, 0.3) is 5.91 Å². The predicted octanol–water partition coefficient (Wildman–Crippen LogP) is 3.33. The number of aromatic nitrogens is 2. The number of amides is 1. The maximum Gasteiger partial charge on any atom is 0.257 e. The molecule has 1 aliphatic heterocycles. The summed E-state index contributed by atoms with van der Waals surface area (Å²) >= 11 is 0. The van der Waals surface area contributed by atoms with Gasteiger partial charge in [0.2, 0.25) is 0 Å². The molecule has 1 saturated carbocycles. The van der Waals surface area contributed by atoms with Gasteiger partial charge >= 0.3 is 0 Å². The summed E-state index contributed by atoms with van der Waals surface area (Å²) in [6.07, 6.45) is 3.93. The topological polar surface area (TPSA) is 66.1 Å². The summed E-state index contributed by atoms with van der Waals surface area (Å²) in [6, 6.07) is 9.39. The van der Waals surface area contributed by atoms with E-state index in [-0.39, 0.29) is 17.6 Å². The van der Waals surface area contributed by atoms with Crippen LogP contribution >= 0.6 is 0 Å². The summed E-state index contributed by atoms with van der Waals surface area (Å²) in [7, 11) is 0. The molecular weight excluding hydrogens is 314 g/mol. The zero-order valence-corrected chi connectivity index (χ0v) is 14.5. The molecule has 0 radical (unpaired) electrons. The van der Waals surface area contributed by atoms with E-state index >= 15 is 0 Å². The quantitative estimate of drug-likeness (QED) is 0.870. The maximum absolute atomic E-state index is 13.1.